The fourth-order valence-corrected chi connectivity index (χ4v) is 1.97. The van der Waals surface area contributed by atoms with Crippen LogP contribution in [0.15, 0.2) is 48.5 Å². The van der Waals surface area contributed by atoms with Crippen LogP contribution in [0.25, 0.3) is 0 Å². The number of methoxy groups -OCH3 is 1. The molecule has 0 atom stereocenters. The van der Waals surface area contributed by atoms with Crippen LogP contribution in [-0.4, -0.2) is 26.3 Å². The van der Waals surface area contributed by atoms with Gasteiger partial charge in [-0.2, -0.15) is 0 Å². The smallest absolute Gasteiger partial charge is 0.308 e. The highest BCUT2D eigenvalue weighted by molar-refractivity contribution is 5.69. The minimum absolute atomic E-state index is 0.380. The molecule has 0 amide bonds. The van der Waals surface area contributed by atoms with E-state index in [0.717, 1.165) is 5.56 Å². The van der Waals surface area contributed by atoms with E-state index in [1.54, 1.807) is 18.2 Å². The number of carbonyl (C=O) groups is 1. The van der Waals surface area contributed by atoms with Crippen molar-refractivity contribution in [2.75, 3.05) is 20.3 Å². The number of rotatable bonds is 8. The van der Waals surface area contributed by atoms with Crippen LogP contribution in [0, 0.1) is 0 Å². The molecule has 0 aromatic heterocycles. The van der Waals surface area contributed by atoms with Crippen LogP contribution in [0.4, 0.5) is 0 Å². The Balaban J connectivity index is 1.79. The van der Waals surface area contributed by atoms with E-state index < -0.39 is 0 Å². The Hall–Kier alpha value is -2.53. The number of esters is 1. The zero-order chi connectivity index (χ0) is 16.5. The molecule has 2 rings (SSSR count). The van der Waals surface area contributed by atoms with E-state index in [4.69, 9.17) is 18.9 Å². The summed E-state index contributed by atoms with van der Waals surface area (Å²) < 4.78 is 21.4. The lowest BCUT2D eigenvalue weighted by Gasteiger charge is -2.12. The summed E-state index contributed by atoms with van der Waals surface area (Å²) in [6.45, 7) is 2.76. The molecule has 2 aromatic rings. The monoisotopic (exact) mass is 316 g/mol. The first-order valence-electron chi connectivity index (χ1n) is 7.30. The zero-order valence-corrected chi connectivity index (χ0v) is 13.3. The van der Waals surface area contributed by atoms with Gasteiger partial charge in [0.05, 0.1) is 20.3 Å². The van der Waals surface area contributed by atoms with Gasteiger partial charge in [-0.3, -0.25) is 4.79 Å². The lowest BCUT2D eigenvalue weighted by atomic mass is 10.2. The number of hydrogen-bond donors (Lipinski definition) is 0. The van der Waals surface area contributed by atoms with Crippen molar-refractivity contribution in [3.8, 4) is 17.2 Å². The first kappa shape index (κ1) is 16.8. The predicted molar refractivity (Wildman–Crippen MR) is 85.9 cm³/mol. The molecular formula is C18H20O5. The van der Waals surface area contributed by atoms with Crippen LogP contribution < -0.4 is 14.2 Å². The molecule has 0 unspecified atom stereocenters. The number of ether oxygens (including phenoxy) is 4. The minimum atomic E-state index is -0.380. The predicted octanol–water partition coefficient (Wildman–Crippen LogP) is 3.22. The van der Waals surface area contributed by atoms with Crippen molar-refractivity contribution in [2.45, 2.75) is 13.5 Å². The molecular weight excluding hydrogens is 296 g/mol. The third-order valence-electron chi connectivity index (χ3n) is 2.99. The molecule has 0 heterocycles. The molecule has 0 fully saturated rings. The Morgan fingerprint density at radius 3 is 2.48 bits per heavy atom. The average molecular weight is 316 g/mol. The van der Waals surface area contributed by atoms with Crippen LogP contribution in [0.3, 0.4) is 0 Å². The molecule has 0 spiro atoms. The Labute approximate surface area is 135 Å². The minimum Gasteiger partial charge on any atom is -0.493 e. The second-order valence-corrected chi connectivity index (χ2v) is 4.79. The highest BCUT2D eigenvalue weighted by Gasteiger charge is 2.08. The average Bonchev–Trinajstić information content (AvgIpc) is 2.56. The van der Waals surface area contributed by atoms with Gasteiger partial charge in [0.15, 0.2) is 11.5 Å². The molecule has 0 saturated heterocycles. The van der Waals surface area contributed by atoms with E-state index >= 15 is 0 Å². The molecule has 122 valence electrons. The molecule has 0 aliphatic carbocycles. The topological polar surface area (TPSA) is 54.0 Å². The summed E-state index contributed by atoms with van der Waals surface area (Å²) in [5.41, 5.74) is 1.12. The van der Waals surface area contributed by atoms with Crippen molar-refractivity contribution < 1.29 is 23.7 Å². The van der Waals surface area contributed by atoms with Gasteiger partial charge in [-0.1, -0.05) is 30.3 Å². The van der Waals surface area contributed by atoms with Crippen LogP contribution >= 0.6 is 0 Å². The summed E-state index contributed by atoms with van der Waals surface area (Å²) in [7, 11) is 1.53. The number of benzene rings is 2. The fourth-order valence-electron chi connectivity index (χ4n) is 1.97. The largest absolute Gasteiger partial charge is 0.493 e. The van der Waals surface area contributed by atoms with E-state index in [-0.39, 0.29) is 5.97 Å². The quantitative estimate of drug-likeness (QED) is 0.425. The molecule has 0 aliphatic heterocycles. The third-order valence-corrected chi connectivity index (χ3v) is 2.99. The van der Waals surface area contributed by atoms with Gasteiger partial charge in [0.25, 0.3) is 0 Å². The Bertz CT molecular complexity index is 625. The van der Waals surface area contributed by atoms with E-state index in [2.05, 4.69) is 0 Å². The van der Waals surface area contributed by atoms with Crippen molar-refractivity contribution in [3.05, 3.63) is 54.1 Å². The lowest BCUT2D eigenvalue weighted by Crippen LogP contribution is -2.08. The summed E-state index contributed by atoms with van der Waals surface area (Å²) in [6, 6.07) is 14.9. The normalized spacial score (nSPS) is 10.2. The molecule has 0 N–H and O–H groups in total. The summed E-state index contributed by atoms with van der Waals surface area (Å²) in [6.07, 6.45) is 0. The third kappa shape index (κ3) is 5.64. The zero-order valence-electron chi connectivity index (χ0n) is 13.3. The van der Waals surface area contributed by atoms with Gasteiger partial charge in [-0.25, -0.2) is 0 Å². The molecule has 0 aliphatic rings. The molecule has 0 saturated carbocycles. The highest BCUT2D eigenvalue weighted by atomic mass is 16.5. The first-order valence-corrected chi connectivity index (χ1v) is 7.30. The second-order valence-electron chi connectivity index (χ2n) is 4.79. The SMILES string of the molecule is COc1cc(OC(C)=O)ccc1OCCOCc1ccccc1. The van der Waals surface area contributed by atoms with E-state index in [1.165, 1.54) is 14.0 Å². The van der Waals surface area contributed by atoms with E-state index in [1.807, 2.05) is 30.3 Å². The van der Waals surface area contributed by atoms with Crippen molar-refractivity contribution in [2.24, 2.45) is 0 Å². The number of hydrogen-bond acceptors (Lipinski definition) is 5. The van der Waals surface area contributed by atoms with E-state index in [9.17, 15) is 4.79 Å². The summed E-state index contributed by atoms with van der Waals surface area (Å²) >= 11 is 0. The van der Waals surface area contributed by atoms with Crippen molar-refractivity contribution >= 4 is 5.97 Å². The molecule has 0 bridgehead atoms. The van der Waals surface area contributed by atoms with Crippen molar-refractivity contribution in [1.29, 1.82) is 0 Å². The van der Waals surface area contributed by atoms with Crippen molar-refractivity contribution in [3.63, 3.8) is 0 Å². The lowest BCUT2D eigenvalue weighted by molar-refractivity contribution is -0.131. The molecule has 0 radical (unpaired) electrons. The van der Waals surface area contributed by atoms with Gasteiger partial charge in [0, 0.05) is 13.0 Å². The van der Waals surface area contributed by atoms with Crippen LogP contribution in [0.1, 0.15) is 12.5 Å². The fraction of sp³-hybridized carbons (Fsp3) is 0.278. The van der Waals surface area contributed by atoms with E-state index in [0.29, 0.717) is 37.1 Å². The number of carbonyl (C=O) groups excluding carboxylic acids is 1. The second kappa shape index (κ2) is 8.80. The van der Waals surface area contributed by atoms with Gasteiger partial charge in [-0.15, -0.1) is 0 Å². The van der Waals surface area contributed by atoms with Crippen molar-refractivity contribution in [1.82, 2.24) is 0 Å². The molecule has 5 nitrogen and oxygen atoms in total. The molecule has 2 aromatic carbocycles. The van der Waals surface area contributed by atoms with Gasteiger partial charge in [-0.05, 0) is 17.7 Å². The maximum absolute atomic E-state index is 10.9. The van der Waals surface area contributed by atoms with Crippen LogP contribution in [-0.2, 0) is 16.1 Å². The maximum Gasteiger partial charge on any atom is 0.308 e. The summed E-state index contributed by atoms with van der Waals surface area (Å²) in [4.78, 5) is 10.9. The maximum atomic E-state index is 10.9. The highest BCUT2D eigenvalue weighted by Crippen LogP contribution is 2.31. The first-order chi connectivity index (χ1) is 11.2. The summed E-state index contributed by atoms with van der Waals surface area (Å²) in [5, 5.41) is 0. The van der Waals surface area contributed by atoms with Gasteiger partial charge in [0.2, 0.25) is 0 Å². The molecule has 5 heteroatoms. The van der Waals surface area contributed by atoms with Crippen LogP contribution in [0.2, 0.25) is 0 Å². The van der Waals surface area contributed by atoms with Gasteiger partial charge < -0.3 is 18.9 Å². The Morgan fingerprint density at radius 1 is 1.00 bits per heavy atom. The summed E-state index contributed by atoms with van der Waals surface area (Å²) in [5.74, 6) is 1.12. The Morgan fingerprint density at radius 2 is 1.78 bits per heavy atom. The van der Waals surface area contributed by atoms with Gasteiger partial charge >= 0.3 is 5.97 Å². The van der Waals surface area contributed by atoms with Crippen LogP contribution in [0.5, 0.6) is 17.2 Å². The standard InChI is InChI=1S/C18H20O5/c1-14(19)23-16-8-9-17(18(12-16)20-2)22-11-10-21-13-15-6-4-3-5-7-15/h3-9,12H,10-11,13H2,1-2H3. The Kier molecular flexibility index (Phi) is 6.44. The van der Waals surface area contributed by atoms with Gasteiger partial charge in [0.1, 0.15) is 12.4 Å². The molecule has 23 heavy (non-hydrogen) atoms.